The van der Waals surface area contributed by atoms with Gasteiger partial charge in [-0.25, -0.2) is 0 Å². The first kappa shape index (κ1) is 26.1. The predicted molar refractivity (Wildman–Crippen MR) is 177 cm³/mol. The van der Waals surface area contributed by atoms with Crippen molar-refractivity contribution in [1.29, 1.82) is 0 Å². The summed E-state index contributed by atoms with van der Waals surface area (Å²) in [6.45, 7) is 3.43. The zero-order valence-corrected chi connectivity index (χ0v) is 24.0. The van der Waals surface area contributed by atoms with Gasteiger partial charge >= 0.3 is 0 Å². The number of anilines is 2. The molecule has 0 saturated carbocycles. The van der Waals surface area contributed by atoms with Gasteiger partial charge in [0.2, 0.25) is 0 Å². The molecule has 0 atom stereocenters. The molecule has 1 heterocycles. The summed E-state index contributed by atoms with van der Waals surface area (Å²) in [6, 6.07) is 48.8. The van der Waals surface area contributed by atoms with Crippen LogP contribution < -0.4 is 9.80 Å². The van der Waals surface area contributed by atoms with Gasteiger partial charge in [-0.05, 0) is 64.4 Å². The van der Waals surface area contributed by atoms with Crippen LogP contribution in [0.4, 0.5) is 11.4 Å². The summed E-state index contributed by atoms with van der Waals surface area (Å²) in [6.07, 6.45) is 7.04. The van der Waals surface area contributed by atoms with E-state index in [4.69, 9.17) is 0 Å². The van der Waals surface area contributed by atoms with Crippen molar-refractivity contribution in [3.8, 4) is 11.1 Å². The second-order valence-electron chi connectivity index (χ2n) is 11.4. The Kier molecular flexibility index (Phi) is 7.43. The lowest BCUT2D eigenvalue weighted by Crippen LogP contribution is -2.26. The van der Waals surface area contributed by atoms with E-state index in [1.54, 1.807) is 0 Å². The van der Waals surface area contributed by atoms with Gasteiger partial charge in [0.1, 0.15) is 0 Å². The minimum absolute atomic E-state index is 0.839. The highest BCUT2D eigenvalue weighted by Gasteiger charge is 2.20. The summed E-state index contributed by atoms with van der Waals surface area (Å²) < 4.78 is 0. The number of allylic oxidation sites excluding steroid dienone is 2. The van der Waals surface area contributed by atoms with Crippen LogP contribution in [0.3, 0.4) is 0 Å². The Morgan fingerprint density at radius 2 is 1.12 bits per heavy atom. The molecule has 0 fully saturated rings. The highest BCUT2D eigenvalue weighted by atomic mass is 15.1. The fraction of sp³-hybridized carbons (Fsp3) is 0.150. The molecule has 42 heavy (non-hydrogen) atoms. The highest BCUT2D eigenvalue weighted by Crippen LogP contribution is 2.38. The van der Waals surface area contributed by atoms with Crippen LogP contribution >= 0.6 is 0 Å². The lowest BCUT2D eigenvalue weighted by Gasteiger charge is -2.31. The van der Waals surface area contributed by atoms with Gasteiger partial charge in [0.05, 0.1) is 0 Å². The van der Waals surface area contributed by atoms with E-state index in [9.17, 15) is 0 Å². The monoisotopic (exact) mass is 544 g/mol. The molecule has 7 rings (SSSR count). The Hall–Kier alpha value is -4.82. The van der Waals surface area contributed by atoms with Crippen LogP contribution in [0.2, 0.25) is 0 Å². The molecule has 2 aliphatic rings. The van der Waals surface area contributed by atoms with Gasteiger partial charge in [-0.1, -0.05) is 127 Å². The van der Waals surface area contributed by atoms with Crippen molar-refractivity contribution in [1.82, 2.24) is 0 Å². The zero-order chi connectivity index (χ0) is 28.1. The average Bonchev–Trinajstić information content (AvgIpc) is 3.05. The largest absolute Gasteiger partial charge is 0.362 e. The number of nitrogens with zero attached hydrogens (tertiary/aromatic N) is 2. The molecule has 0 unspecified atom stereocenters. The molecule has 0 radical (unpaired) electrons. The quantitative estimate of drug-likeness (QED) is 0.222. The van der Waals surface area contributed by atoms with E-state index in [1.807, 2.05) is 0 Å². The van der Waals surface area contributed by atoms with Gasteiger partial charge in [-0.2, -0.15) is 0 Å². The van der Waals surface area contributed by atoms with Crippen LogP contribution in [0.5, 0.6) is 0 Å². The molecule has 2 nitrogen and oxygen atoms in total. The summed E-state index contributed by atoms with van der Waals surface area (Å²) in [5, 5.41) is 0. The fourth-order valence-corrected chi connectivity index (χ4v) is 6.44. The summed E-state index contributed by atoms with van der Waals surface area (Å²) in [5.41, 5.74) is 13.3. The molecule has 0 aromatic heterocycles. The maximum Gasteiger partial charge on any atom is 0.0451 e. The van der Waals surface area contributed by atoms with Crippen molar-refractivity contribution in [2.45, 2.75) is 32.5 Å². The summed E-state index contributed by atoms with van der Waals surface area (Å²) >= 11 is 0. The SMILES string of the molecule is C1=C2C=C(CC1)c1ccccc1N(Cc1ccccc1)Cc1cccc(c1)-c1ccccc1N(Cc1ccccc1)C2. The van der Waals surface area contributed by atoms with Crippen molar-refractivity contribution in [3.63, 3.8) is 0 Å². The molecular formula is C40H36N2. The van der Waals surface area contributed by atoms with E-state index < -0.39 is 0 Å². The standard InChI is InChI=1S/C40H36N2/c1-3-13-31(14-4-1)27-41-29-33-17-11-20-36(25-33)38-22-8-10-24-40(38)42(28-32-15-5-2-6-16-32)30-34-18-12-19-35(26-34)37-21-7-9-23-39(37)41/h1-11,13-18,20-26H,12,19,27-30H2. The zero-order valence-electron chi connectivity index (χ0n) is 24.0. The smallest absolute Gasteiger partial charge is 0.0451 e. The molecule has 1 aliphatic carbocycles. The van der Waals surface area contributed by atoms with Gasteiger partial charge in [0.25, 0.3) is 0 Å². The van der Waals surface area contributed by atoms with Gasteiger partial charge < -0.3 is 9.80 Å². The Morgan fingerprint density at radius 1 is 0.524 bits per heavy atom. The molecule has 0 saturated heterocycles. The number of para-hydroxylation sites is 2. The number of benzene rings is 5. The van der Waals surface area contributed by atoms with Crippen molar-refractivity contribution in [2.24, 2.45) is 0 Å². The minimum atomic E-state index is 0.839. The molecule has 5 aromatic rings. The molecule has 206 valence electrons. The topological polar surface area (TPSA) is 6.48 Å². The Balaban J connectivity index is 1.39. The molecule has 0 N–H and O–H groups in total. The molecule has 0 spiro atoms. The van der Waals surface area contributed by atoms with E-state index in [-0.39, 0.29) is 0 Å². The summed E-state index contributed by atoms with van der Waals surface area (Å²) in [4.78, 5) is 5.12. The molecular weight excluding hydrogens is 508 g/mol. The first-order chi connectivity index (χ1) is 20.8. The van der Waals surface area contributed by atoms with Crippen LogP contribution in [0.25, 0.3) is 16.7 Å². The van der Waals surface area contributed by atoms with Crippen LogP contribution in [-0.2, 0) is 19.6 Å². The second-order valence-corrected chi connectivity index (χ2v) is 11.4. The summed E-state index contributed by atoms with van der Waals surface area (Å²) in [7, 11) is 0. The van der Waals surface area contributed by atoms with Crippen LogP contribution in [-0.4, -0.2) is 6.54 Å². The van der Waals surface area contributed by atoms with Gasteiger partial charge in [-0.3, -0.25) is 0 Å². The van der Waals surface area contributed by atoms with Crippen molar-refractivity contribution in [3.05, 3.63) is 173 Å². The highest BCUT2D eigenvalue weighted by molar-refractivity contribution is 5.82. The van der Waals surface area contributed by atoms with Crippen molar-refractivity contribution >= 4 is 16.9 Å². The van der Waals surface area contributed by atoms with Crippen LogP contribution in [0, 0.1) is 0 Å². The van der Waals surface area contributed by atoms with Gasteiger partial charge in [0.15, 0.2) is 0 Å². The first-order valence-electron chi connectivity index (χ1n) is 15.1. The third-order valence-electron chi connectivity index (χ3n) is 8.43. The van der Waals surface area contributed by atoms with Gasteiger partial charge in [0, 0.05) is 48.7 Å². The minimum Gasteiger partial charge on any atom is -0.362 e. The number of fused-ring (bicyclic) bond motifs is 7. The lowest BCUT2D eigenvalue weighted by atomic mass is 9.91. The first-order valence-corrected chi connectivity index (χ1v) is 15.1. The van der Waals surface area contributed by atoms with E-state index in [2.05, 4.69) is 155 Å². The molecule has 2 heteroatoms. The van der Waals surface area contributed by atoms with E-state index >= 15 is 0 Å². The maximum atomic E-state index is 2.56. The number of hydrogen-bond donors (Lipinski definition) is 0. The van der Waals surface area contributed by atoms with Crippen molar-refractivity contribution < 1.29 is 0 Å². The fourth-order valence-electron chi connectivity index (χ4n) is 6.44. The Bertz CT molecular complexity index is 1730. The third-order valence-corrected chi connectivity index (χ3v) is 8.43. The second kappa shape index (κ2) is 12.0. The van der Waals surface area contributed by atoms with Gasteiger partial charge in [-0.15, -0.1) is 0 Å². The Morgan fingerprint density at radius 3 is 1.83 bits per heavy atom. The molecule has 4 bridgehead atoms. The normalized spacial score (nSPS) is 14.7. The lowest BCUT2D eigenvalue weighted by molar-refractivity contribution is 0.797. The molecule has 1 aliphatic heterocycles. The molecule has 0 amide bonds. The number of rotatable bonds is 4. The third kappa shape index (κ3) is 5.66. The van der Waals surface area contributed by atoms with E-state index in [0.717, 1.165) is 39.0 Å². The predicted octanol–water partition coefficient (Wildman–Crippen LogP) is 9.68. The molecule has 5 aromatic carbocycles. The van der Waals surface area contributed by atoms with Crippen molar-refractivity contribution in [2.75, 3.05) is 16.3 Å². The van der Waals surface area contributed by atoms with E-state index in [1.165, 1.54) is 55.9 Å². The van der Waals surface area contributed by atoms with Crippen LogP contribution in [0.1, 0.15) is 35.1 Å². The van der Waals surface area contributed by atoms with E-state index in [0.29, 0.717) is 0 Å². The Labute approximate surface area is 249 Å². The van der Waals surface area contributed by atoms with Crippen LogP contribution in [0.15, 0.2) is 151 Å². The maximum absolute atomic E-state index is 2.56. The number of hydrogen-bond acceptors (Lipinski definition) is 2. The average molecular weight is 545 g/mol. The summed E-state index contributed by atoms with van der Waals surface area (Å²) in [5.74, 6) is 0.